The minimum atomic E-state index is 0.160. The lowest BCUT2D eigenvalue weighted by Gasteiger charge is -2.10. The molecule has 92 valence electrons. The van der Waals surface area contributed by atoms with E-state index in [1.54, 1.807) is 0 Å². The van der Waals surface area contributed by atoms with Crippen molar-refractivity contribution >= 4 is 10.9 Å². The van der Waals surface area contributed by atoms with Gasteiger partial charge in [0.1, 0.15) is 0 Å². The van der Waals surface area contributed by atoms with Gasteiger partial charge < -0.3 is 0 Å². The molecule has 3 aromatic rings. The van der Waals surface area contributed by atoms with E-state index >= 15 is 0 Å². The minimum absolute atomic E-state index is 0.160. The summed E-state index contributed by atoms with van der Waals surface area (Å²) in [5.41, 5.74) is 2.47. The van der Waals surface area contributed by atoms with Crippen LogP contribution in [0.1, 0.15) is 11.6 Å². The van der Waals surface area contributed by atoms with Gasteiger partial charge in [-0.25, -0.2) is 0 Å². The third-order valence-corrected chi connectivity index (χ3v) is 3.40. The van der Waals surface area contributed by atoms with E-state index in [-0.39, 0.29) is 6.04 Å². The predicted octanol–water partition coefficient (Wildman–Crippen LogP) is 3.90. The topological polar surface area (TPSA) is 3.88 Å². The lowest BCUT2D eigenvalue weighted by Crippen LogP contribution is -2.39. The Morgan fingerprint density at radius 2 is 1.53 bits per heavy atom. The maximum Gasteiger partial charge on any atom is 0.213 e. The van der Waals surface area contributed by atoms with Gasteiger partial charge in [-0.2, -0.15) is 4.57 Å². The molecule has 1 heteroatoms. The Labute approximate surface area is 113 Å². The van der Waals surface area contributed by atoms with Crippen molar-refractivity contribution < 1.29 is 4.57 Å². The molecule has 0 spiro atoms. The summed E-state index contributed by atoms with van der Waals surface area (Å²) in [5.74, 6) is 0. The van der Waals surface area contributed by atoms with E-state index in [1.165, 1.54) is 16.5 Å². The fourth-order valence-corrected chi connectivity index (χ4v) is 2.49. The number of pyridine rings is 1. The summed E-state index contributed by atoms with van der Waals surface area (Å²) in [6.07, 6.45) is 4.10. The molecule has 0 N–H and O–H groups in total. The molecule has 1 aromatic heterocycles. The number of benzene rings is 2. The molecule has 0 aliphatic heterocycles. The van der Waals surface area contributed by atoms with Crippen LogP contribution in [-0.4, -0.2) is 0 Å². The first-order chi connectivity index (χ1) is 9.40. The van der Waals surface area contributed by atoms with Crippen molar-refractivity contribution in [1.29, 1.82) is 0 Å². The Balaban J connectivity index is 2.20. The molecular formula is C18H16N+. The highest BCUT2D eigenvalue weighted by molar-refractivity contribution is 5.75. The average Bonchev–Trinajstić information content (AvgIpc) is 2.49. The Hall–Kier alpha value is -2.41. The lowest BCUT2D eigenvalue weighted by molar-refractivity contribution is -0.678. The Bertz CT molecular complexity index is 696. The van der Waals surface area contributed by atoms with Crippen LogP contribution in [0.4, 0.5) is 0 Å². The van der Waals surface area contributed by atoms with Gasteiger partial charge in [-0.05, 0) is 18.2 Å². The van der Waals surface area contributed by atoms with Crippen molar-refractivity contribution in [3.63, 3.8) is 0 Å². The van der Waals surface area contributed by atoms with Crippen LogP contribution in [0.25, 0.3) is 10.9 Å². The van der Waals surface area contributed by atoms with Gasteiger partial charge in [0.15, 0.2) is 6.20 Å². The highest BCUT2D eigenvalue weighted by Crippen LogP contribution is 2.17. The van der Waals surface area contributed by atoms with Crippen LogP contribution < -0.4 is 4.57 Å². The van der Waals surface area contributed by atoms with E-state index in [1.807, 2.05) is 12.1 Å². The molecule has 0 amide bonds. The molecule has 0 bridgehead atoms. The third-order valence-electron chi connectivity index (χ3n) is 3.40. The van der Waals surface area contributed by atoms with Gasteiger partial charge in [-0.15, -0.1) is 0 Å². The molecule has 2 aromatic carbocycles. The molecule has 19 heavy (non-hydrogen) atoms. The zero-order valence-corrected chi connectivity index (χ0v) is 10.7. The Kier molecular flexibility index (Phi) is 3.11. The van der Waals surface area contributed by atoms with Crippen LogP contribution in [0.3, 0.4) is 0 Å². The van der Waals surface area contributed by atoms with Gasteiger partial charge in [-0.3, -0.25) is 0 Å². The smallest absolute Gasteiger partial charge is 0.187 e. The van der Waals surface area contributed by atoms with Gasteiger partial charge in [0, 0.05) is 23.1 Å². The first-order valence-corrected chi connectivity index (χ1v) is 6.46. The number of aromatic nitrogens is 1. The summed E-state index contributed by atoms with van der Waals surface area (Å²) in [4.78, 5) is 0. The molecule has 0 saturated heterocycles. The van der Waals surface area contributed by atoms with E-state index in [9.17, 15) is 0 Å². The predicted molar refractivity (Wildman–Crippen MR) is 78.9 cm³/mol. The summed E-state index contributed by atoms with van der Waals surface area (Å²) < 4.78 is 2.26. The first-order valence-electron chi connectivity index (χ1n) is 6.46. The first kappa shape index (κ1) is 11.7. The van der Waals surface area contributed by atoms with Crippen LogP contribution in [-0.2, 0) is 0 Å². The summed E-state index contributed by atoms with van der Waals surface area (Å²) in [5, 5.41) is 1.24. The fraction of sp³-hybridized carbons (Fsp3) is 0.0556. The number of para-hydroxylation sites is 1. The van der Waals surface area contributed by atoms with E-state index in [2.05, 4.69) is 78.0 Å². The normalized spacial score (nSPS) is 12.2. The van der Waals surface area contributed by atoms with Crippen molar-refractivity contribution in [1.82, 2.24) is 0 Å². The van der Waals surface area contributed by atoms with Crippen molar-refractivity contribution in [2.75, 3.05) is 0 Å². The molecule has 0 saturated carbocycles. The lowest BCUT2D eigenvalue weighted by atomic mass is 10.1. The summed E-state index contributed by atoms with van der Waals surface area (Å²) in [6, 6.07) is 23.3. The quantitative estimate of drug-likeness (QED) is 0.487. The Morgan fingerprint density at radius 3 is 2.32 bits per heavy atom. The molecule has 0 radical (unpaired) electrons. The molecule has 0 aliphatic rings. The largest absolute Gasteiger partial charge is 0.213 e. The molecule has 1 heterocycles. The molecule has 0 aliphatic carbocycles. The second-order valence-corrected chi connectivity index (χ2v) is 4.57. The van der Waals surface area contributed by atoms with E-state index in [0.717, 1.165) is 0 Å². The highest BCUT2D eigenvalue weighted by Gasteiger charge is 2.19. The maximum absolute atomic E-state index is 4.00. The van der Waals surface area contributed by atoms with Gasteiger partial charge in [0.05, 0.1) is 0 Å². The second-order valence-electron chi connectivity index (χ2n) is 4.57. The van der Waals surface area contributed by atoms with Gasteiger partial charge in [0.25, 0.3) is 0 Å². The van der Waals surface area contributed by atoms with Crippen molar-refractivity contribution in [2.45, 2.75) is 6.04 Å². The molecule has 1 unspecified atom stereocenters. The SMILES string of the molecule is C=CC(c1ccccc1)[n+]1cccc2ccccc21. The van der Waals surface area contributed by atoms with Crippen molar-refractivity contribution in [2.24, 2.45) is 0 Å². The van der Waals surface area contributed by atoms with Gasteiger partial charge in [-0.1, -0.05) is 49.0 Å². The minimum Gasteiger partial charge on any atom is -0.187 e. The van der Waals surface area contributed by atoms with E-state index < -0.39 is 0 Å². The van der Waals surface area contributed by atoms with E-state index in [4.69, 9.17) is 0 Å². The molecular weight excluding hydrogens is 230 g/mol. The number of hydrogen-bond donors (Lipinski definition) is 0. The summed E-state index contributed by atoms with van der Waals surface area (Å²) >= 11 is 0. The number of allylic oxidation sites excluding steroid dienone is 1. The van der Waals surface area contributed by atoms with Crippen LogP contribution in [0.5, 0.6) is 0 Å². The zero-order valence-electron chi connectivity index (χ0n) is 10.7. The third kappa shape index (κ3) is 2.15. The van der Waals surface area contributed by atoms with Gasteiger partial charge >= 0.3 is 0 Å². The zero-order chi connectivity index (χ0) is 13.1. The monoisotopic (exact) mass is 246 g/mol. The van der Waals surface area contributed by atoms with Gasteiger partial charge in [0.2, 0.25) is 11.6 Å². The Morgan fingerprint density at radius 1 is 0.842 bits per heavy atom. The van der Waals surface area contributed by atoms with Crippen LogP contribution >= 0.6 is 0 Å². The van der Waals surface area contributed by atoms with Crippen LogP contribution in [0.2, 0.25) is 0 Å². The molecule has 1 atom stereocenters. The number of nitrogens with zero attached hydrogens (tertiary/aromatic N) is 1. The van der Waals surface area contributed by atoms with Crippen molar-refractivity contribution in [3.8, 4) is 0 Å². The average molecular weight is 246 g/mol. The second kappa shape index (κ2) is 5.07. The van der Waals surface area contributed by atoms with Crippen LogP contribution in [0.15, 0.2) is 85.6 Å². The standard InChI is InChI=1S/C18H16N/c1-2-17(15-9-4-3-5-10-15)19-14-8-12-16-11-6-7-13-18(16)19/h2-14,17H,1H2/q+1. The maximum atomic E-state index is 4.00. The van der Waals surface area contributed by atoms with Crippen LogP contribution in [0, 0.1) is 0 Å². The van der Waals surface area contributed by atoms with E-state index in [0.29, 0.717) is 0 Å². The summed E-state index contributed by atoms with van der Waals surface area (Å²) in [6.45, 7) is 4.00. The fourth-order valence-electron chi connectivity index (χ4n) is 2.49. The molecule has 3 rings (SSSR count). The highest BCUT2D eigenvalue weighted by atomic mass is 15.0. The number of hydrogen-bond acceptors (Lipinski definition) is 0. The summed E-state index contributed by atoms with van der Waals surface area (Å²) in [7, 11) is 0. The number of rotatable bonds is 3. The van der Waals surface area contributed by atoms with Crippen molar-refractivity contribution in [3.05, 3.63) is 91.1 Å². The molecule has 1 nitrogen and oxygen atoms in total. The number of fused-ring (bicyclic) bond motifs is 1. The molecule has 0 fully saturated rings.